The first-order valence-corrected chi connectivity index (χ1v) is 8.79. The summed E-state index contributed by atoms with van der Waals surface area (Å²) in [5.41, 5.74) is 3.60. The minimum atomic E-state index is -0.274. The number of H-pyrrole nitrogens is 1. The molecule has 8 nitrogen and oxygen atoms in total. The van der Waals surface area contributed by atoms with Crippen molar-refractivity contribution < 1.29 is 9.18 Å². The van der Waals surface area contributed by atoms with Crippen LogP contribution in [0.4, 0.5) is 10.2 Å². The largest absolute Gasteiger partial charge is 0.312 e. The average Bonchev–Trinajstić information content (AvgIpc) is 3.28. The van der Waals surface area contributed by atoms with Gasteiger partial charge < -0.3 is 14.6 Å². The SMILES string of the molecule is Cc1c(F)c(C(C)N(C)C)c2[nH]ncc2c1-c1cn2cc(NC=O)nc2cn1. The molecule has 9 heteroatoms. The molecule has 0 radical (unpaired) electrons. The zero-order valence-electron chi connectivity index (χ0n) is 16.0. The number of aromatic amines is 1. The van der Waals surface area contributed by atoms with E-state index >= 15 is 4.39 Å². The van der Waals surface area contributed by atoms with Gasteiger partial charge in [-0.3, -0.25) is 14.9 Å². The third-order valence-corrected chi connectivity index (χ3v) is 5.12. The Kier molecular flexibility index (Phi) is 4.31. The van der Waals surface area contributed by atoms with Crippen molar-refractivity contribution in [1.82, 2.24) is 29.5 Å². The maximum Gasteiger partial charge on any atom is 0.212 e. The molecule has 28 heavy (non-hydrogen) atoms. The summed E-state index contributed by atoms with van der Waals surface area (Å²) in [5.74, 6) is 0.143. The van der Waals surface area contributed by atoms with Crippen molar-refractivity contribution in [2.45, 2.75) is 19.9 Å². The Morgan fingerprint density at radius 3 is 2.82 bits per heavy atom. The van der Waals surface area contributed by atoms with Crippen LogP contribution >= 0.6 is 0 Å². The molecule has 4 aromatic rings. The van der Waals surface area contributed by atoms with Crippen LogP contribution in [0.2, 0.25) is 0 Å². The van der Waals surface area contributed by atoms with E-state index in [2.05, 4.69) is 25.5 Å². The van der Waals surface area contributed by atoms with Crippen molar-refractivity contribution in [3.05, 3.63) is 41.7 Å². The van der Waals surface area contributed by atoms with E-state index in [1.807, 2.05) is 25.9 Å². The molecule has 0 aliphatic heterocycles. The molecule has 2 N–H and O–H groups in total. The highest BCUT2D eigenvalue weighted by molar-refractivity contribution is 5.97. The summed E-state index contributed by atoms with van der Waals surface area (Å²) in [6.07, 6.45) is 7.29. The van der Waals surface area contributed by atoms with Crippen LogP contribution in [-0.4, -0.2) is 50.0 Å². The van der Waals surface area contributed by atoms with Gasteiger partial charge in [0, 0.05) is 28.8 Å². The molecule has 3 aromatic heterocycles. The van der Waals surface area contributed by atoms with Crippen LogP contribution in [0, 0.1) is 12.7 Å². The number of nitrogens with zero attached hydrogens (tertiary/aromatic N) is 5. The van der Waals surface area contributed by atoms with Crippen LogP contribution in [0.15, 0.2) is 24.8 Å². The number of benzene rings is 1. The molecule has 0 aliphatic carbocycles. The molecule has 0 bridgehead atoms. The fraction of sp³-hybridized carbons (Fsp3) is 0.263. The smallest absolute Gasteiger partial charge is 0.212 e. The highest BCUT2D eigenvalue weighted by Gasteiger charge is 2.24. The first kappa shape index (κ1) is 18.1. The second kappa shape index (κ2) is 6.68. The monoisotopic (exact) mass is 381 g/mol. The van der Waals surface area contributed by atoms with Crippen molar-refractivity contribution in [2.24, 2.45) is 0 Å². The van der Waals surface area contributed by atoms with Gasteiger partial charge >= 0.3 is 0 Å². The van der Waals surface area contributed by atoms with Gasteiger partial charge in [-0.15, -0.1) is 0 Å². The van der Waals surface area contributed by atoms with Gasteiger partial charge in [-0.05, 0) is 33.5 Å². The molecule has 1 aromatic carbocycles. The van der Waals surface area contributed by atoms with Crippen LogP contribution in [-0.2, 0) is 4.79 Å². The third-order valence-electron chi connectivity index (χ3n) is 5.12. The Morgan fingerprint density at radius 1 is 1.32 bits per heavy atom. The standard InChI is InChI=1S/C19H20FN7O/c1-10-16(13-7-27-8-14(22-9-28)24-15(27)6-21-13)12-5-23-25-19(12)17(18(10)20)11(2)26(3)4/h5-9,11H,1-4H3,(H,22,28)(H,23,25). The Bertz CT molecular complexity index is 1190. The third kappa shape index (κ3) is 2.71. The normalized spacial score (nSPS) is 12.8. The molecule has 0 saturated carbocycles. The first-order valence-electron chi connectivity index (χ1n) is 8.79. The minimum Gasteiger partial charge on any atom is -0.312 e. The van der Waals surface area contributed by atoms with E-state index in [9.17, 15) is 4.79 Å². The van der Waals surface area contributed by atoms with Gasteiger partial charge in [0.2, 0.25) is 6.41 Å². The quantitative estimate of drug-likeness (QED) is 0.519. The van der Waals surface area contributed by atoms with Gasteiger partial charge in [-0.2, -0.15) is 5.10 Å². The van der Waals surface area contributed by atoms with Crippen LogP contribution < -0.4 is 5.32 Å². The minimum absolute atomic E-state index is 0.128. The van der Waals surface area contributed by atoms with Crippen molar-refractivity contribution in [1.29, 1.82) is 0 Å². The molecular formula is C19H20FN7O. The second-order valence-electron chi connectivity index (χ2n) is 6.95. The maximum atomic E-state index is 15.4. The van der Waals surface area contributed by atoms with Crippen LogP contribution in [0.3, 0.4) is 0 Å². The van der Waals surface area contributed by atoms with E-state index in [-0.39, 0.29) is 11.9 Å². The molecule has 0 spiro atoms. The van der Waals surface area contributed by atoms with E-state index < -0.39 is 0 Å². The number of halogens is 1. The zero-order valence-corrected chi connectivity index (χ0v) is 16.0. The lowest BCUT2D eigenvalue weighted by Gasteiger charge is -2.23. The number of carbonyl (C=O) groups excluding carboxylic acids is 1. The first-order chi connectivity index (χ1) is 13.4. The Morgan fingerprint density at radius 2 is 2.11 bits per heavy atom. The summed E-state index contributed by atoms with van der Waals surface area (Å²) in [4.78, 5) is 21.3. The number of anilines is 1. The van der Waals surface area contributed by atoms with Gasteiger partial charge in [0.05, 0.1) is 29.8 Å². The van der Waals surface area contributed by atoms with E-state index in [0.29, 0.717) is 45.8 Å². The number of fused-ring (bicyclic) bond motifs is 2. The number of imidazole rings is 1. The average molecular weight is 381 g/mol. The van der Waals surface area contributed by atoms with Crippen molar-refractivity contribution in [3.8, 4) is 11.3 Å². The maximum absolute atomic E-state index is 15.4. The lowest BCUT2D eigenvalue weighted by molar-refractivity contribution is -0.105. The molecule has 0 saturated heterocycles. The van der Waals surface area contributed by atoms with Gasteiger partial charge in [0.1, 0.15) is 5.82 Å². The molecular weight excluding hydrogens is 361 g/mol. The van der Waals surface area contributed by atoms with Crippen molar-refractivity contribution in [2.75, 3.05) is 19.4 Å². The van der Waals surface area contributed by atoms with Gasteiger partial charge in [0.15, 0.2) is 11.5 Å². The molecule has 0 fully saturated rings. The molecule has 4 rings (SSSR count). The molecule has 144 valence electrons. The summed E-state index contributed by atoms with van der Waals surface area (Å²) >= 11 is 0. The lowest BCUT2D eigenvalue weighted by Crippen LogP contribution is -2.19. The number of carbonyl (C=O) groups is 1. The number of rotatable bonds is 5. The van der Waals surface area contributed by atoms with E-state index in [4.69, 9.17) is 0 Å². The number of nitrogens with one attached hydrogen (secondary N) is 2. The number of amides is 1. The molecule has 1 amide bonds. The fourth-order valence-electron chi connectivity index (χ4n) is 3.44. The van der Waals surface area contributed by atoms with Crippen LogP contribution in [0.5, 0.6) is 0 Å². The molecule has 0 aliphatic rings. The topological polar surface area (TPSA) is 91.2 Å². The van der Waals surface area contributed by atoms with Gasteiger partial charge in [-0.25, -0.2) is 9.37 Å². The van der Waals surface area contributed by atoms with Gasteiger partial charge in [-0.1, -0.05) is 0 Å². The van der Waals surface area contributed by atoms with Gasteiger partial charge in [0.25, 0.3) is 0 Å². The highest BCUT2D eigenvalue weighted by Crippen LogP contribution is 2.38. The number of hydrogen-bond acceptors (Lipinski definition) is 5. The summed E-state index contributed by atoms with van der Waals surface area (Å²) < 4.78 is 17.2. The summed E-state index contributed by atoms with van der Waals surface area (Å²) in [5, 5.41) is 10.4. The number of hydrogen-bond donors (Lipinski definition) is 2. The summed E-state index contributed by atoms with van der Waals surface area (Å²) in [6.45, 7) is 3.71. The van der Waals surface area contributed by atoms with Crippen LogP contribution in [0.25, 0.3) is 27.8 Å². The highest BCUT2D eigenvalue weighted by atomic mass is 19.1. The predicted octanol–water partition coefficient (Wildman–Crippen LogP) is 2.91. The Balaban J connectivity index is 1.95. The zero-order chi connectivity index (χ0) is 20.0. The molecule has 1 unspecified atom stereocenters. The van der Waals surface area contributed by atoms with E-state index in [1.54, 1.807) is 36.1 Å². The number of aromatic nitrogens is 5. The van der Waals surface area contributed by atoms with E-state index in [1.165, 1.54) is 0 Å². The lowest BCUT2D eigenvalue weighted by atomic mass is 9.93. The predicted molar refractivity (Wildman–Crippen MR) is 105 cm³/mol. The molecule has 3 heterocycles. The second-order valence-corrected chi connectivity index (χ2v) is 6.95. The fourth-order valence-corrected chi connectivity index (χ4v) is 3.44. The summed E-state index contributed by atoms with van der Waals surface area (Å²) in [6, 6.07) is -0.128. The van der Waals surface area contributed by atoms with Crippen molar-refractivity contribution >= 4 is 28.8 Å². The Hall–Kier alpha value is -3.33. The summed E-state index contributed by atoms with van der Waals surface area (Å²) in [7, 11) is 3.82. The molecule has 1 atom stereocenters. The van der Waals surface area contributed by atoms with Crippen molar-refractivity contribution in [3.63, 3.8) is 0 Å². The Labute approximate surface area is 160 Å². The van der Waals surface area contributed by atoms with Crippen LogP contribution in [0.1, 0.15) is 24.1 Å². The van der Waals surface area contributed by atoms with E-state index in [0.717, 1.165) is 5.39 Å².